The van der Waals surface area contributed by atoms with E-state index in [1.807, 2.05) is 42.3 Å². The average Bonchev–Trinajstić information content (AvgIpc) is 3.38. The fourth-order valence-electron chi connectivity index (χ4n) is 4.33. The van der Waals surface area contributed by atoms with Gasteiger partial charge in [-0.25, -0.2) is 4.98 Å². The van der Waals surface area contributed by atoms with Crippen molar-refractivity contribution in [3.05, 3.63) is 34.8 Å². The summed E-state index contributed by atoms with van der Waals surface area (Å²) in [5.74, 6) is 2.18. The number of amides is 1. The molecule has 2 saturated heterocycles. The lowest BCUT2D eigenvalue weighted by Crippen LogP contribution is -2.50. The van der Waals surface area contributed by atoms with Crippen molar-refractivity contribution in [1.82, 2.24) is 15.5 Å². The third-order valence-electron chi connectivity index (χ3n) is 5.87. The fraction of sp³-hybridized carbons (Fsp3) is 0.476. The van der Waals surface area contributed by atoms with E-state index >= 15 is 0 Å². The van der Waals surface area contributed by atoms with Gasteiger partial charge in [0.2, 0.25) is 0 Å². The molecule has 29 heavy (non-hydrogen) atoms. The van der Waals surface area contributed by atoms with Crippen LogP contribution in [0.5, 0.6) is 0 Å². The number of thioether (sulfide) groups is 1. The highest BCUT2D eigenvalue weighted by molar-refractivity contribution is 7.99. The summed E-state index contributed by atoms with van der Waals surface area (Å²) in [6.07, 6.45) is 3.86. The summed E-state index contributed by atoms with van der Waals surface area (Å²) >= 11 is 3.58. The van der Waals surface area contributed by atoms with Gasteiger partial charge in [0.05, 0.1) is 32.8 Å². The number of thiophene rings is 1. The van der Waals surface area contributed by atoms with Crippen LogP contribution < -0.4 is 5.32 Å². The zero-order valence-corrected chi connectivity index (χ0v) is 17.9. The highest BCUT2D eigenvalue weighted by atomic mass is 32.2. The molecule has 152 valence electrons. The summed E-state index contributed by atoms with van der Waals surface area (Å²) in [7, 11) is 0. The van der Waals surface area contributed by atoms with Crippen LogP contribution in [0, 0.1) is 6.92 Å². The predicted octanol–water partition coefficient (Wildman–Crippen LogP) is 4.43. The SMILES string of the molecule is Cc1noc2nc(-c3cccs3)cc(C(=O)NC3CCOC4(CCSCC4)C3)c12. The van der Waals surface area contributed by atoms with Gasteiger partial charge in [0.25, 0.3) is 11.6 Å². The molecule has 3 aromatic heterocycles. The molecule has 0 bridgehead atoms. The number of nitrogens with one attached hydrogen (secondary N) is 1. The van der Waals surface area contributed by atoms with Crippen LogP contribution in [-0.4, -0.2) is 45.8 Å². The van der Waals surface area contributed by atoms with Crippen LogP contribution in [0.3, 0.4) is 0 Å². The van der Waals surface area contributed by atoms with Gasteiger partial charge in [-0.1, -0.05) is 11.2 Å². The molecule has 5 rings (SSSR count). The summed E-state index contributed by atoms with van der Waals surface area (Å²) in [4.78, 5) is 18.9. The van der Waals surface area contributed by atoms with Gasteiger partial charge in [0.15, 0.2) is 0 Å². The zero-order valence-electron chi connectivity index (χ0n) is 16.3. The van der Waals surface area contributed by atoms with Gasteiger partial charge < -0.3 is 14.6 Å². The van der Waals surface area contributed by atoms with Crippen molar-refractivity contribution in [2.75, 3.05) is 18.1 Å². The topological polar surface area (TPSA) is 77.2 Å². The van der Waals surface area contributed by atoms with E-state index in [1.165, 1.54) is 0 Å². The van der Waals surface area contributed by atoms with Crippen molar-refractivity contribution in [3.8, 4) is 10.6 Å². The summed E-state index contributed by atoms with van der Waals surface area (Å²) in [5, 5.41) is 10.00. The number of pyridine rings is 1. The maximum atomic E-state index is 13.3. The average molecular weight is 430 g/mol. The highest BCUT2D eigenvalue weighted by Gasteiger charge is 2.39. The predicted molar refractivity (Wildman–Crippen MR) is 116 cm³/mol. The number of rotatable bonds is 3. The summed E-state index contributed by atoms with van der Waals surface area (Å²) in [6.45, 7) is 2.55. The minimum atomic E-state index is -0.0891. The Hall–Kier alpha value is -1.90. The second-order valence-corrected chi connectivity index (χ2v) is 9.96. The zero-order chi connectivity index (χ0) is 19.8. The molecule has 2 aliphatic rings. The number of hydrogen-bond donors (Lipinski definition) is 1. The number of carbonyl (C=O) groups excluding carboxylic acids is 1. The Morgan fingerprint density at radius 3 is 3.00 bits per heavy atom. The quantitative estimate of drug-likeness (QED) is 0.663. The minimum Gasteiger partial charge on any atom is -0.375 e. The first kappa shape index (κ1) is 19.1. The largest absolute Gasteiger partial charge is 0.375 e. The summed E-state index contributed by atoms with van der Waals surface area (Å²) in [5.41, 5.74) is 2.34. The van der Waals surface area contributed by atoms with Gasteiger partial charge in [-0.3, -0.25) is 4.79 Å². The second-order valence-electron chi connectivity index (χ2n) is 7.79. The van der Waals surface area contributed by atoms with Crippen molar-refractivity contribution >= 4 is 40.1 Å². The molecule has 1 atom stereocenters. The lowest BCUT2D eigenvalue weighted by atomic mass is 9.85. The Kier molecular flexibility index (Phi) is 5.09. The maximum absolute atomic E-state index is 13.3. The van der Waals surface area contributed by atoms with Gasteiger partial charge in [-0.05, 0) is 61.6 Å². The first-order chi connectivity index (χ1) is 14.1. The normalized spacial score (nSPS) is 21.5. The first-order valence-corrected chi connectivity index (χ1v) is 12.0. The maximum Gasteiger partial charge on any atom is 0.259 e. The van der Waals surface area contributed by atoms with Gasteiger partial charge in [-0.2, -0.15) is 11.8 Å². The molecule has 5 heterocycles. The van der Waals surface area contributed by atoms with Gasteiger partial charge >= 0.3 is 0 Å². The molecule has 3 aromatic rings. The summed E-state index contributed by atoms with van der Waals surface area (Å²) in [6, 6.07) is 5.95. The van der Waals surface area contributed by atoms with Gasteiger partial charge in [0, 0.05) is 12.6 Å². The Labute approximate surface area is 177 Å². The molecule has 0 aromatic carbocycles. The second kappa shape index (κ2) is 7.74. The molecular formula is C21H23N3O3S2. The Bertz CT molecular complexity index is 1020. The van der Waals surface area contributed by atoms with E-state index in [0.717, 1.165) is 47.8 Å². The van der Waals surface area contributed by atoms with Crippen LogP contribution in [0.1, 0.15) is 41.7 Å². The molecule has 0 radical (unpaired) electrons. The number of hydrogen-bond acceptors (Lipinski definition) is 7. The molecule has 2 aliphatic heterocycles. The van der Waals surface area contributed by atoms with Crippen LogP contribution in [0.25, 0.3) is 21.7 Å². The van der Waals surface area contributed by atoms with Crippen molar-refractivity contribution < 1.29 is 14.1 Å². The number of nitrogens with zero attached hydrogens (tertiary/aromatic N) is 2. The third kappa shape index (κ3) is 3.69. The summed E-state index contributed by atoms with van der Waals surface area (Å²) < 4.78 is 11.6. The van der Waals surface area contributed by atoms with Crippen molar-refractivity contribution in [3.63, 3.8) is 0 Å². The van der Waals surface area contributed by atoms with Crippen LogP contribution in [0.2, 0.25) is 0 Å². The highest BCUT2D eigenvalue weighted by Crippen LogP contribution is 2.38. The van der Waals surface area contributed by atoms with Crippen molar-refractivity contribution in [2.45, 2.75) is 44.2 Å². The van der Waals surface area contributed by atoms with Crippen LogP contribution in [0.4, 0.5) is 0 Å². The van der Waals surface area contributed by atoms with E-state index in [4.69, 9.17) is 9.26 Å². The molecule has 0 saturated carbocycles. The monoisotopic (exact) mass is 429 g/mol. The lowest BCUT2D eigenvalue weighted by molar-refractivity contribution is -0.0918. The Balaban J connectivity index is 1.44. The molecule has 0 aliphatic carbocycles. The van der Waals surface area contributed by atoms with Gasteiger partial charge in [0.1, 0.15) is 0 Å². The Morgan fingerprint density at radius 2 is 2.21 bits per heavy atom. The number of carbonyl (C=O) groups is 1. The number of aromatic nitrogens is 2. The molecular weight excluding hydrogens is 406 g/mol. The lowest BCUT2D eigenvalue weighted by Gasteiger charge is -2.43. The van der Waals surface area contributed by atoms with E-state index in [9.17, 15) is 4.79 Å². The van der Waals surface area contributed by atoms with E-state index < -0.39 is 0 Å². The molecule has 1 N–H and O–H groups in total. The number of ether oxygens (including phenoxy) is 1. The van der Waals surface area contributed by atoms with Crippen LogP contribution in [-0.2, 0) is 4.74 Å². The molecule has 6 nitrogen and oxygen atoms in total. The van der Waals surface area contributed by atoms with E-state index in [1.54, 1.807) is 11.3 Å². The molecule has 1 unspecified atom stereocenters. The smallest absolute Gasteiger partial charge is 0.259 e. The number of fused-ring (bicyclic) bond motifs is 1. The first-order valence-electron chi connectivity index (χ1n) is 9.97. The van der Waals surface area contributed by atoms with Crippen molar-refractivity contribution in [2.24, 2.45) is 0 Å². The minimum absolute atomic E-state index is 0.0652. The van der Waals surface area contributed by atoms with Crippen LogP contribution >= 0.6 is 23.1 Å². The fourth-order valence-corrected chi connectivity index (χ4v) is 6.25. The standard InChI is InChI=1S/C21H23N3O3S2/c1-13-18-15(11-16(17-3-2-8-29-17)23-20(18)27-24-13)19(25)22-14-4-7-26-21(12-14)5-9-28-10-6-21/h2-3,8,11,14H,4-7,9-10,12H2,1H3,(H,22,25). The molecule has 1 spiro atoms. The van der Waals surface area contributed by atoms with Gasteiger partial charge in [-0.15, -0.1) is 11.3 Å². The molecule has 8 heteroatoms. The Morgan fingerprint density at radius 1 is 1.34 bits per heavy atom. The van der Waals surface area contributed by atoms with E-state index in [-0.39, 0.29) is 17.6 Å². The molecule has 1 amide bonds. The van der Waals surface area contributed by atoms with E-state index in [2.05, 4.69) is 15.5 Å². The van der Waals surface area contributed by atoms with Crippen molar-refractivity contribution in [1.29, 1.82) is 0 Å². The van der Waals surface area contributed by atoms with Crippen LogP contribution in [0.15, 0.2) is 28.1 Å². The third-order valence-corrected chi connectivity index (χ3v) is 7.75. The molecule has 2 fully saturated rings. The number of aryl methyl sites for hydroxylation is 1. The van der Waals surface area contributed by atoms with E-state index in [0.29, 0.717) is 29.0 Å².